The lowest BCUT2D eigenvalue weighted by Gasteiger charge is -2.26. The highest BCUT2D eigenvalue weighted by Crippen LogP contribution is 2.43. The Morgan fingerprint density at radius 3 is 2.79 bits per heavy atom. The molecule has 1 N–H and O–H groups in total. The van der Waals surface area contributed by atoms with Gasteiger partial charge < -0.3 is 5.32 Å². The van der Waals surface area contributed by atoms with Gasteiger partial charge >= 0.3 is 0 Å². The number of hydrogen-bond acceptors (Lipinski definition) is 3. The zero-order valence-electron chi connectivity index (χ0n) is 10.1. The smallest absolute Gasteiger partial charge is 0.142 e. The zero-order chi connectivity index (χ0) is 13.2. The van der Waals surface area contributed by atoms with E-state index in [4.69, 9.17) is 12.2 Å². The van der Waals surface area contributed by atoms with Crippen LogP contribution in [0.5, 0.6) is 0 Å². The molecule has 1 unspecified atom stereocenters. The average Bonchev–Trinajstić information content (AvgIpc) is 2.92. The summed E-state index contributed by atoms with van der Waals surface area (Å²) in [5.41, 5.74) is 2.17. The molecule has 0 spiro atoms. The summed E-state index contributed by atoms with van der Waals surface area (Å²) >= 11 is 6.81. The van der Waals surface area contributed by atoms with Gasteiger partial charge in [-0.25, -0.2) is 0 Å². The van der Waals surface area contributed by atoms with Gasteiger partial charge in [0.25, 0.3) is 0 Å². The number of rotatable bonds is 3. The first-order chi connectivity index (χ1) is 9.24. The lowest BCUT2D eigenvalue weighted by molar-refractivity contribution is -0.116. The van der Waals surface area contributed by atoms with Gasteiger partial charge in [0.1, 0.15) is 10.1 Å². The van der Waals surface area contributed by atoms with Gasteiger partial charge in [-0.05, 0) is 37.3 Å². The summed E-state index contributed by atoms with van der Waals surface area (Å²) in [5.74, 6) is 0.949. The van der Waals surface area contributed by atoms with Gasteiger partial charge in [0.05, 0.1) is 0 Å². The standard InChI is InChI=1S/C15H12NOS2/c17-13(10-5-1-2-6-10)9-14-11-7-3-4-8-12(11)16-15(18)19-14/h1-8,14H,9H2,(H,16,18). The molecular formula is C15H12NOS2. The summed E-state index contributed by atoms with van der Waals surface area (Å²) in [6.07, 6.45) is 7.98. The first-order valence-electron chi connectivity index (χ1n) is 6.05. The second kappa shape index (κ2) is 5.63. The molecule has 2 nitrogen and oxygen atoms in total. The lowest BCUT2D eigenvalue weighted by atomic mass is 9.96. The van der Waals surface area contributed by atoms with E-state index >= 15 is 0 Å². The fourth-order valence-electron chi connectivity index (χ4n) is 2.22. The van der Waals surface area contributed by atoms with Crippen LogP contribution in [0.2, 0.25) is 0 Å². The molecule has 1 aromatic carbocycles. The summed E-state index contributed by atoms with van der Waals surface area (Å²) in [4.78, 5) is 12.2. The van der Waals surface area contributed by atoms with Gasteiger partial charge in [-0.1, -0.05) is 42.2 Å². The molecular weight excluding hydrogens is 274 g/mol. The number of carbonyl (C=O) groups is 1. The summed E-state index contributed by atoms with van der Waals surface area (Å²) in [6, 6.07) is 8.03. The quantitative estimate of drug-likeness (QED) is 0.861. The van der Waals surface area contributed by atoms with Crippen LogP contribution in [0.3, 0.4) is 0 Å². The van der Waals surface area contributed by atoms with Crippen molar-refractivity contribution >= 4 is 39.8 Å². The molecule has 2 aliphatic rings. The molecule has 3 rings (SSSR count). The first kappa shape index (κ1) is 13.1. The minimum Gasteiger partial charge on any atom is -0.341 e. The third-order valence-corrected chi connectivity index (χ3v) is 4.56. The van der Waals surface area contributed by atoms with Crippen LogP contribution in [0.1, 0.15) is 17.2 Å². The Morgan fingerprint density at radius 1 is 1.26 bits per heavy atom. The molecule has 4 heteroatoms. The van der Waals surface area contributed by atoms with E-state index in [1.54, 1.807) is 11.8 Å². The molecule has 19 heavy (non-hydrogen) atoms. The Kier molecular flexibility index (Phi) is 3.89. The topological polar surface area (TPSA) is 29.1 Å². The Hall–Kier alpha value is -0.870. The van der Waals surface area contributed by atoms with Crippen molar-refractivity contribution in [2.45, 2.75) is 11.7 Å². The zero-order valence-corrected chi connectivity index (χ0v) is 11.8. The second-order valence-corrected chi connectivity index (χ2v) is 6.29. The van der Waals surface area contributed by atoms with Crippen LogP contribution in [0.15, 0.2) is 24.3 Å². The van der Waals surface area contributed by atoms with Crippen molar-refractivity contribution < 1.29 is 4.79 Å². The van der Waals surface area contributed by atoms with E-state index < -0.39 is 0 Å². The highest BCUT2D eigenvalue weighted by molar-refractivity contribution is 8.23. The van der Waals surface area contributed by atoms with E-state index in [1.807, 2.05) is 43.9 Å². The van der Waals surface area contributed by atoms with Crippen LogP contribution >= 0.6 is 24.0 Å². The van der Waals surface area contributed by atoms with Crippen molar-refractivity contribution in [1.82, 2.24) is 0 Å². The van der Waals surface area contributed by atoms with Crippen molar-refractivity contribution in [3.05, 3.63) is 61.4 Å². The normalized spacial score (nSPS) is 22.9. The number of Topliss-reactive ketones (excluding diaryl/α,β-unsaturated/α-hetero) is 1. The third-order valence-electron chi connectivity index (χ3n) is 3.15. The Labute approximate surface area is 123 Å². The lowest BCUT2D eigenvalue weighted by Crippen LogP contribution is -2.20. The summed E-state index contributed by atoms with van der Waals surface area (Å²) in [6.45, 7) is 0. The molecule has 1 atom stereocenters. The number of anilines is 1. The van der Waals surface area contributed by atoms with E-state index in [0.29, 0.717) is 6.42 Å². The number of fused-ring (bicyclic) bond motifs is 1. The van der Waals surface area contributed by atoms with Crippen molar-refractivity contribution in [1.29, 1.82) is 0 Å². The molecule has 0 amide bonds. The molecule has 1 aliphatic carbocycles. The summed E-state index contributed by atoms with van der Waals surface area (Å²) in [7, 11) is 0. The van der Waals surface area contributed by atoms with Crippen LogP contribution in [-0.2, 0) is 4.79 Å². The van der Waals surface area contributed by atoms with Crippen LogP contribution in [0, 0.1) is 31.6 Å². The number of hydrogen-bond donors (Lipinski definition) is 1. The summed E-state index contributed by atoms with van der Waals surface area (Å²) < 4.78 is 0.735. The molecule has 1 aliphatic heterocycles. The molecule has 1 heterocycles. The van der Waals surface area contributed by atoms with Gasteiger partial charge in [0, 0.05) is 23.3 Å². The third kappa shape index (κ3) is 2.84. The van der Waals surface area contributed by atoms with Gasteiger partial charge in [-0.3, -0.25) is 4.79 Å². The van der Waals surface area contributed by atoms with E-state index in [1.165, 1.54) is 0 Å². The largest absolute Gasteiger partial charge is 0.341 e. The maximum atomic E-state index is 12.2. The minimum atomic E-state index is 0.104. The fourth-order valence-corrected chi connectivity index (χ4v) is 3.67. The monoisotopic (exact) mass is 286 g/mol. The van der Waals surface area contributed by atoms with Gasteiger partial charge in [-0.2, -0.15) is 0 Å². The van der Waals surface area contributed by atoms with Crippen LogP contribution in [0.25, 0.3) is 0 Å². The molecule has 1 aromatic rings. The first-order valence-corrected chi connectivity index (χ1v) is 7.34. The van der Waals surface area contributed by atoms with Gasteiger partial charge in [-0.15, -0.1) is 0 Å². The number of thioether (sulfide) groups is 1. The number of nitrogens with one attached hydrogen (secondary N) is 1. The van der Waals surface area contributed by atoms with Crippen molar-refractivity contribution in [3.63, 3.8) is 0 Å². The van der Waals surface area contributed by atoms with E-state index in [9.17, 15) is 4.79 Å². The predicted octanol–water partition coefficient (Wildman–Crippen LogP) is 3.54. The number of thiocarbonyl (C=S) groups is 1. The van der Waals surface area contributed by atoms with E-state index in [0.717, 1.165) is 21.5 Å². The molecule has 95 valence electrons. The molecule has 0 bridgehead atoms. The fraction of sp³-hybridized carbons (Fsp3) is 0.133. The van der Waals surface area contributed by atoms with Crippen LogP contribution in [0.4, 0.5) is 5.69 Å². The second-order valence-electron chi connectivity index (χ2n) is 4.41. The summed E-state index contributed by atoms with van der Waals surface area (Å²) in [5, 5.41) is 3.28. The predicted molar refractivity (Wildman–Crippen MR) is 83.1 cm³/mol. The number of carbonyl (C=O) groups excluding carboxylic acids is 1. The van der Waals surface area contributed by atoms with Crippen molar-refractivity contribution in [3.8, 4) is 0 Å². The average molecular weight is 286 g/mol. The molecule has 1 fully saturated rings. The SMILES string of the molecule is O=C(CC1SC(=S)Nc2ccccc21)[C]1[CH][CH][CH][CH]1. The Balaban J connectivity index is 1.77. The number of para-hydroxylation sites is 1. The highest BCUT2D eigenvalue weighted by Gasteiger charge is 2.30. The molecule has 5 radical (unpaired) electrons. The molecule has 0 saturated heterocycles. The Bertz CT molecular complexity index is 509. The van der Waals surface area contributed by atoms with Crippen molar-refractivity contribution in [2.24, 2.45) is 0 Å². The van der Waals surface area contributed by atoms with Crippen LogP contribution < -0.4 is 5.32 Å². The maximum Gasteiger partial charge on any atom is 0.142 e. The number of ketones is 1. The minimum absolute atomic E-state index is 0.104. The highest BCUT2D eigenvalue weighted by atomic mass is 32.2. The molecule has 1 saturated carbocycles. The van der Waals surface area contributed by atoms with E-state index in [-0.39, 0.29) is 11.0 Å². The van der Waals surface area contributed by atoms with Crippen molar-refractivity contribution in [2.75, 3.05) is 5.32 Å². The van der Waals surface area contributed by atoms with Crippen LogP contribution in [-0.4, -0.2) is 10.1 Å². The maximum absolute atomic E-state index is 12.2. The Morgan fingerprint density at radius 2 is 2.00 bits per heavy atom. The van der Waals surface area contributed by atoms with Gasteiger partial charge in [0.15, 0.2) is 0 Å². The molecule has 0 aromatic heterocycles. The number of benzene rings is 1. The van der Waals surface area contributed by atoms with Gasteiger partial charge in [0.2, 0.25) is 0 Å². The van der Waals surface area contributed by atoms with E-state index in [2.05, 4.69) is 11.4 Å².